The molecule has 1 heterocycles. The van der Waals surface area contributed by atoms with Gasteiger partial charge >= 0.3 is 12.1 Å². The van der Waals surface area contributed by atoms with Crippen molar-refractivity contribution in [1.82, 2.24) is 0 Å². The molecule has 2 aromatic carbocycles. The minimum Gasteiger partial charge on any atom is -0.497 e. The van der Waals surface area contributed by atoms with Gasteiger partial charge in [-0.15, -0.1) is 0 Å². The molecule has 0 spiro atoms. The summed E-state index contributed by atoms with van der Waals surface area (Å²) in [4.78, 5) is 8.90. The van der Waals surface area contributed by atoms with Gasteiger partial charge in [-0.25, -0.2) is 4.79 Å². The molecule has 0 fully saturated rings. The maximum absolute atomic E-state index is 10.6. The number of methoxy groups -OCH3 is 2. The van der Waals surface area contributed by atoms with E-state index in [2.05, 4.69) is 26.0 Å². The van der Waals surface area contributed by atoms with Gasteiger partial charge in [-0.1, -0.05) is 19.9 Å². The summed E-state index contributed by atoms with van der Waals surface area (Å²) in [7, 11) is 3.30. The van der Waals surface area contributed by atoms with E-state index in [0.29, 0.717) is 6.54 Å². The van der Waals surface area contributed by atoms with Gasteiger partial charge in [0.1, 0.15) is 23.0 Å². The molecular formula is C20H22F3NO5. The fraction of sp³-hybridized carbons (Fsp3) is 0.350. The smallest absolute Gasteiger partial charge is 0.490 e. The second-order valence-electron chi connectivity index (χ2n) is 6.76. The van der Waals surface area contributed by atoms with Gasteiger partial charge in [0.05, 0.1) is 14.2 Å². The lowest BCUT2D eigenvalue weighted by Gasteiger charge is -2.35. The number of nitrogens with two attached hydrogens (primary N) is 1. The summed E-state index contributed by atoms with van der Waals surface area (Å²) in [5, 5.41) is 7.12. The molecule has 0 saturated heterocycles. The topological polar surface area (TPSA) is 91.0 Å². The van der Waals surface area contributed by atoms with Crippen LogP contribution in [0.25, 0.3) is 0 Å². The highest BCUT2D eigenvalue weighted by molar-refractivity contribution is 5.73. The van der Waals surface area contributed by atoms with E-state index in [9.17, 15) is 13.2 Å². The average molecular weight is 413 g/mol. The van der Waals surface area contributed by atoms with Crippen LogP contribution < -0.4 is 19.9 Å². The van der Waals surface area contributed by atoms with Crippen molar-refractivity contribution in [3.05, 3.63) is 47.0 Å². The fourth-order valence-corrected chi connectivity index (χ4v) is 3.02. The number of benzene rings is 2. The van der Waals surface area contributed by atoms with Crippen molar-refractivity contribution in [1.29, 1.82) is 0 Å². The van der Waals surface area contributed by atoms with Gasteiger partial charge in [0.25, 0.3) is 0 Å². The van der Waals surface area contributed by atoms with Crippen LogP contribution in [0.1, 0.15) is 30.5 Å². The van der Waals surface area contributed by atoms with Crippen molar-refractivity contribution in [2.45, 2.75) is 32.0 Å². The number of rotatable bonds is 3. The van der Waals surface area contributed by atoms with Gasteiger partial charge < -0.3 is 25.1 Å². The largest absolute Gasteiger partial charge is 0.497 e. The predicted octanol–water partition coefficient (Wildman–Crippen LogP) is 4.23. The maximum Gasteiger partial charge on any atom is 0.490 e. The molecule has 158 valence electrons. The summed E-state index contributed by atoms with van der Waals surface area (Å²) >= 11 is 0. The molecule has 9 heteroatoms. The van der Waals surface area contributed by atoms with Crippen LogP contribution in [0.2, 0.25) is 0 Å². The minimum absolute atomic E-state index is 0.175. The Bertz CT molecular complexity index is 910. The quantitative estimate of drug-likeness (QED) is 0.783. The van der Waals surface area contributed by atoms with E-state index >= 15 is 0 Å². The van der Waals surface area contributed by atoms with E-state index in [1.807, 2.05) is 18.2 Å². The third kappa shape index (κ3) is 4.56. The Labute approximate surface area is 166 Å². The van der Waals surface area contributed by atoms with E-state index in [-0.39, 0.29) is 5.41 Å². The number of ether oxygens (including phenoxy) is 3. The van der Waals surface area contributed by atoms with Crippen LogP contribution in [0, 0.1) is 0 Å². The Hall–Kier alpha value is -2.94. The number of hydrogen-bond donors (Lipinski definition) is 2. The highest BCUT2D eigenvalue weighted by atomic mass is 19.4. The van der Waals surface area contributed by atoms with Gasteiger partial charge in [-0.2, -0.15) is 13.2 Å². The first-order valence-electron chi connectivity index (χ1n) is 8.53. The lowest BCUT2D eigenvalue weighted by atomic mass is 9.75. The Morgan fingerprint density at radius 3 is 2.17 bits per heavy atom. The van der Waals surface area contributed by atoms with Gasteiger partial charge in [0.2, 0.25) is 0 Å². The van der Waals surface area contributed by atoms with Crippen LogP contribution in [0.4, 0.5) is 13.2 Å². The first kappa shape index (κ1) is 22.4. The third-order valence-electron chi connectivity index (χ3n) is 4.60. The molecular weight excluding hydrogens is 391 g/mol. The standard InChI is InChI=1S/C18H21NO3.C2HF3O2/c1-18(2)13-6-5-12(20-3)8-16(13)22-17-9-15(21-4)11(10-19)7-14(17)18;3-2(4,5)1(6)7/h5-9H,10,19H2,1-4H3;(H,6,7). The summed E-state index contributed by atoms with van der Waals surface area (Å²) in [6.45, 7) is 4.81. The van der Waals surface area contributed by atoms with Crippen molar-refractivity contribution in [3.8, 4) is 23.0 Å². The number of hydrogen-bond acceptors (Lipinski definition) is 5. The monoisotopic (exact) mass is 413 g/mol. The molecule has 0 radical (unpaired) electrons. The number of alkyl halides is 3. The van der Waals surface area contributed by atoms with Crippen molar-refractivity contribution < 1.29 is 37.3 Å². The van der Waals surface area contributed by atoms with E-state index < -0.39 is 12.1 Å². The zero-order valence-corrected chi connectivity index (χ0v) is 16.4. The second kappa shape index (κ2) is 8.20. The summed E-state index contributed by atoms with van der Waals surface area (Å²) in [5.74, 6) is 0.402. The molecule has 29 heavy (non-hydrogen) atoms. The Balaban J connectivity index is 0.000000370. The van der Waals surface area contributed by atoms with Gasteiger partial charge in [0, 0.05) is 40.8 Å². The first-order valence-corrected chi connectivity index (χ1v) is 8.53. The number of carbonyl (C=O) groups is 1. The molecule has 0 amide bonds. The molecule has 3 rings (SSSR count). The molecule has 1 aliphatic rings. The average Bonchev–Trinajstić information content (AvgIpc) is 2.66. The molecule has 3 N–H and O–H groups in total. The number of aliphatic carboxylic acids is 1. The molecule has 0 unspecified atom stereocenters. The summed E-state index contributed by atoms with van der Waals surface area (Å²) in [5.41, 5.74) is 8.90. The van der Waals surface area contributed by atoms with E-state index in [4.69, 9.17) is 29.8 Å². The summed E-state index contributed by atoms with van der Waals surface area (Å²) in [6.07, 6.45) is -5.08. The summed E-state index contributed by atoms with van der Waals surface area (Å²) < 4.78 is 48.5. The lowest BCUT2D eigenvalue weighted by molar-refractivity contribution is -0.192. The number of fused-ring (bicyclic) bond motifs is 2. The molecule has 0 aromatic heterocycles. The maximum atomic E-state index is 10.6. The van der Waals surface area contributed by atoms with Crippen LogP contribution >= 0.6 is 0 Å². The minimum atomic E-state index is -5.08. The van der Waals surface area contributed by atoms with Crippen molar-refractivity contribution in [2.75, 3.05) is 14.2 Å². The fourth-order valence-electron chi connectivity index (χ4n) is 3.02. The van der Waals surface area contributed by atoms with Crippen LogP contribution in [0.3, 0.4) is 0 Å². The molecule has 2 aromatic rings. The number of carboxylic acid groups (broad SMARTS) is 1. The molecule has 0 atom stereocenters. The van der Waals surface area contributed by atoms with Crippen molar-refractivity contribution in [3.63, 3.8) is 0 Å². The molecule has 0 bridgehead atoms. The predicted molar refractivity (Wildman–Crippen MR) is 99.8 cm³/mol. The molecule has 1 aliphatic heterocycles. The van der Waals surface area contributed by atoms with Crippen LogP contribution in [-0.2, 0) is 16.8 Å². The zero-order valence-electron chi connectivity index (χ0n) is 16.4. The van der Waals surface area contributed by atoms with Gasteiger partial charge in [-0.3, -0.25) is 0 Å². The van der Waals surface area contributed by atoms with E-state index in [0.717, 1.165) is 39.7 Å². The zero-order chi connectivity index (χ0) is 22.0. The van der Waals surface area contributed by atoms with Crippen LogP contribution in [0.15, 0.2) is 30.3 Å². The van der Waals surface area contributed by atoms with E-state index in [1.54, 1.807) is 14.2 Å². The Morgan fingerprint density at radius 2 is 1.69 bits per heavy atom. The number of carboxylic acids is 1. The first-order chi connectivity index (χ1) is 13.4. The van der Waals surface area contributed by atoms with Crippen molar-refractivity contribution >= 4 is 5.97 Å². The molecule has 0 saturated carbocycles. The van der Waals surface area contributed by atoms with Crippen LogP contribution in [-0.4, -0.2) is 31.5 Å². The normalized spacial score (nSPS) is 13.8. The van der Waals surface area contributed by atoms with E-state index in [1.165, 1.54) is 0 Å². The second-order valence-corrected chi connectivity index (χ2v) is 6.76. The molecule has 0 aliphatic carbocycles. The van der Waals surface area contributed by atoms with Crippen LogP contribution in [0.5, 0.6) is 23.0 Å². The van der Waals surface area contributed by atoms with Crippen molar-refractivity contribution in [2.24, 2.45) is 5.73 Å². The highest BCUT2D eigenvalue weighted by Gasteiger charge is 2.38. The number of halogens is 3. The highest BCUT2D eigenvalue weighted by Crippen LogP contribution is 2.50. The lowest BCUT2D eigenvalue weighted by Crippen LogP contribution is -2.25. The SMILES string of the molecule is COc1ccc2c(c1)Oc1cc(OC)c(CN)cc1C2(C)C.O=C(O)C(F)(F)F. The van der Waals surface area contributed by atoms with Gasteiger partial charge in [0.15, 0.2) is 0 Å². The third-order valence-corrected chi connectivity index (χ3v) is 4.60. The molecule has 6 nitrogen and oxygen atoms in total. The Morgan fingerprint density at radius 1 is 1.10 bits per heavy atom. The Kier molecular flexibility index (Phi) is 6.32. The van der Waals surface area contributed by atoms with Gasteiger partial charge in [-0.05, 0) is 12.1 Å². The summed E-state index contributed by atoms with van der Waals surface area (Å²) in [6, 6.07) is 9.94.